The van der Waals surface area contributed by atoms with E-state index in [0.29, 0.717) is 11.4 Å². The number of carboxylic acid groups (broad SMARTS) is 2. The Bertz CT molecular complexity index is 1490. The minimum absolute atomic E-state index is 0.0233. The molecular formula is C25H31N7O8Si. The molecule has 0 fully saturated rings. The van der Waals surface area contributed by atoms with Crippen LogP contribution in [-0.4, -0.2) is 74.8 Å². The number of hydrogen-bond donors (Lipinski definition) is 6. The van der Waals surface area contributed by atoms with Crippen molar-refractivity contribution in [2.75, 3.05) is 17.2 Å². The number of carboxylic acids is 2. The molecule has 15 nitrogen and oxygen atoms in total. The predicted octanol–water partition coefficient (Wildman–Crippen LogP) is 2.26. The fraction of sp³-hybridized carbons (Fsp3) is 0.360. The van der Waals surface area contributed by atoms with Gasteiger partial charge in [-0.05, 0) is 36.7 Å². The normalized spacial score (nSPS) is 11.9. The zero-order valence-electron chi connectivity index (χ0n) is 22.7. The lowest BCUT2D eigenvalue weighted by Gasteiger charge is -2.15. The smallest absolute Gasteiger partial charge is 0.413 e. The zero-order chi connectivity index (χ0) is 30.2. The van der Waals surface area contributed by atoms with Crippen molar-refractivity contribution in [1.29, 1.82) is 0 Å². The van der Waals surface area contributed by atoms with Crippen LogP contribution in [0.4, 0.5) is 16.4 Å². The van der Waals surface area contributed by atoms with Crippen molar-refractivity contribution in [3.63, 3.8) is 0 Å². The molecule has 0 spiro atoms. The van der Waals surface area contributed by atoms with Crippen LogP contribution in [0.15, 0.2) is 35.3 Å². The average molecular weight is 586 g/mol. The van der Waals surface area contributed by atoms with Gasteiger partial charge < -0.3 is 25.6 Å². The number of ether oxygens (including phenoxy) is 1. The monoisotopic (exact) mass is 585 g/mol. The number of aliphatic carboxylic acids is 2. The lowest BCUT2D eigenvalue weighted by molar-refractivity contribution is -0.140. The highest BCUT2D eigenvalue weighted by atomic mass is 28.3. The van der Waals surface area contributed by atoms with Gasteiger partial charge in [0.05, 0.1) is 25.0 Å². The van der Waals surface area contributed by atoms with Crippen LogP contribution >= 0.6 is 0 Å². The molecule has 0 aliphatic heterocycles. The Hall–Kier alpha value is -4.86. The number of aromatic nitrogens is 4. The molecule has 41 heavy (non-hydrogen) atoms. The number of carbonyl (C=O) groups is 4. The molecule has 1 atom stereocenters. The number of H-pyrrole nitrogens is 1. The van der Waals surface area contributed by atoms with Crippen molar-refractivity contribution >= 4 is 54.8 Å². The summed E-state index contributed by atoms with van der Waals surface area (Å²) >= 11 is 0. The molecule has 3 rings (SSSR count). The molecule has 2 heterocycles. The van der Waals surface area contributed by atoms with Crippen LogP contribution in [-0.2, 0) is 20.9 Å². The largest absolute Gasteiger partial charge is 0.481 e. The van der Waals surface area contributed by atoms with Crippen molar-refractivity contribution in [2.45, 2.75) is 51.1 Å². The van der Waals surface area contributed by atoms with Crippen molar-refractivity contribution in [3.05, 3.63) is 52.1 Å². The molecule has 0 radical (unpaired) electrons. The van der Waals surface area contributed by atoms with Crippen LogP contribution in [0.2, 0.25) is 25.7 Å². The van der Waals surface area contributed by atoms with E-state index in [9.17, 15) is 29.1 Å². The molecule has 2 amide bonds. The van der Waals surface area contributed by atoms with Gasteiger partial charge >= 0.3 is 18.0 Å². The molecule has 3 aromatic rings. The fourth-order valence-electron chi connectivity index (χ4n) is 3.38. The number of benzene rings is 1. The highest BCUT2D eigenvalue weighted by Gasteiger charge is 2.21. The van der Waals surface area contributed by atoms with Crippen LogP contribution < -0.4 is 21.5 Å². The van der Waals surface area contributed by atoms with Gasteiger partial charge in [-0.15, -0.1) is 0 Å². The van der Waals surface area contributed by atoms with Gasteiger partial charge in [-0.2, -0.15) is 4.98 Å². The number of rotatable bonds is 13. The third-order valence-electron chi connectivity index (χ3n) is 5.64. The first kappa shape index (κ1) is 30.7. The van der Waals surface area contributed by atoms with E-state index in [1.165, 1.54) is 18.3 Å². The van der Waals surface area contributed by atoms with Crippen LogP contribution in [0.3, 0.4) is 0 Å². The Morgan fingerprint density at radius 1 is 1.07 bits per heavy atom. The zero-order valence-corrected chi connectivity index (χ0v) is 23.7. The predicted molar refractivity (Wildman–Crippen MR) is 151 cm³/mol. The maximum Gasteiger partial charge on any atom is 0.413 e. The quantitative estimate of drug-likeness (QED) is 0.159. The summed E-state index contributed by atoms with van der Waals surface area (Å²) in [5.41, 5.74) is 0.618. The maximum atomic E-state index is 12.5. The third-order valence-corrected chi connectivity index (χ3v) is 7.35. The molecular weight excluding hydrogens is 554 g/mol. The average Bonchev–Trinajstić information content (AvgIpc) is 2.89. The summed E-state index contributed by atoms with van der Waals surface area (Å²) in [4.78, 5) is 73.9. The number of anilines is 2. The van der Waals surface area contributed by atoms with Gasteiger partial charge in [0.1, 0.15) is 6.04 Å². The van der Waals surface area contributed by atoms with Crippen molar-refractivity contribution in [1.82, 2.24) is 25.3 Å². The third kappa shape index (κ3) is 9.68. The van der Waals surface area contributed by atoms with Gasteiger partial charge in [0.25, 0.3) is 11.5 Å². The van der Waals surface area contributed by atoms with Gasteiger partial charge in [-0.3, -0.25) is 24.7 Å². The first-order valence-corrected chi connectivity index (χ1v) is 16.3. The SMILES string of the molecule is C[Si](C)(C)CCOC(=O)Nc1nc2ncc(CNc3ccc(C(=O)N[C@@H](CCC(=O)O)C(=O)O)cc3)nc2c(=O)[nH]1. The topological polar surface area (TPSA) is 226 Å². The summed E-state index contributed by atoms with van der Waals surface area (Å²) in [5, 5.41) is 25.7. The Morgan fingerprint density at radius 3 is 2.41 bits per heavy atom. The molecule has 0 aliphatic rings. The second-order valence-electron chi connectivity index (χ2n) is 10.2. The lowest BCUT2D eigenvalue weighted by atomic mass is 10.1. The highest BCUT2D eigenvalue weighted by molar-refractivity contribution is 6.76. The number of nitrogens with zero attached hydrogens (tertiary/aromatic N) is 3. The van der Waals surface area contributed by atoms with Crippen LogP contribution in [0.5, 0.6) is 0 Å². The molecule has 16 heteroatoms. The van der Waals surface area contributed by atoms with Crippen molar-refractivity contribution in [3.8, 4) is 0 Å². The number of amides is 2. The Labute approximate surface area is 234 Å². The van der Waals surface area contributed by atoms with Gasteiger partial charge in [0.2, 0.25) is 5.95 Å². The number of carbonyl (C=O) groups excluding carboxylic acids is 2. The van der Waals surface area contributed by atoms with Gasteiger partial charge in [-0.1, -0.05) is 19.6 Å². The summed E-state index contributed by atoms with van der Waals surface area (Å²) in [6, 6.07) is 5.59. The van der Waals surface area contributed by atoms with E-state index in [4.69, 9.17) is 9.84 Å². The highest BCUT2D eigenvalue weighted by Crippen LogP contribution is 2.13. The Kier molecular flexibility index (Phi) is 10.1. The summed E-state index contributed by atoms with van der Waals surface area (Å²) in [7, 11) is -1.37. The summed E-state index contributed by atoms with van der Waals surface area (Å²) in [6.45, 7) is 6.92. The van der Waals surface area contributed by atoms with Crippen LogP contribution in [0.25, 0.3) is 11.2 Å². The molecule has 0 bridgehead atoms. The van der Waals surface area contributed by atoms with Gasteiger partial charge in [0.15, 0.2) is 11.2 Å². The number of fused-ring (bicyclic) bond motifs is 1. The second kappa shape index (κ2) is 13.5. The van der Waals surface area contributed by atoms with Crippen molar-refractivity contribution < 1.29 is 34.1 Å². The van der Waals surface area contributed by atoms with Crippen LogP contribution in [0.1, 0.15) is 28.9 Å². The Morgan fingerprint density at radius 2 is 1.78 bits per heavy atom. The molecule has 6 N–H and O–H groups in total. The molecule has 2 aromatic heterocycles. The minimum atomic E-state index is -1.37. The van der Waals surface area contributed by atoms with E-state index in [1.807, 2.05) is 0 Å². The number of hydrogen-bond acceptors (Lipinski definition) is 10. The molecule has 0 unspecified atom stereocenters. The van der Waals surface area contributed by atoms with E-state index in [2.05, 4.69) is 55.5 Å². The summed E-state index contributed by atoms with van der Waals surface area (Å²) in [5.74, 6) is -3.26. The van der Waals surface area contributed by atoms with Gasteiger partial charge in [0, 0.05) is 25.7 Å². The van der Waals surface area contributed by atoms with E-state index >= 15 is 0 Å². The summed E-state index contributed by atoms with van der Waals surface area (Å²) in [6.07, 6.45) is 0.0429. The molecule has 0 saturated heterocycles. The summed E-state index contributed by atoms with van der Waals surface area (Å²) < 4.78 is 5.14. The number of aromatic amines is 1. The lowest BCUT2D eigenvalue weighted by Crippen LogP contribution is -2.41. The Balaban J connectivity index is 1.58. The molecule has 1 aromatic carbocycles. The molecule has 218 valence electrons. The fourth-order valence-corrected chi connectivity index (χ4v) is 4.09. The van der Waals surface area contributed by atoms with E-state index < -0.39 is 50.0 Å². The van der Waals surface area contributed by atoms with E-state index in [1.54, 1.807) is 12.1 Å². The maximum absolute atomic E-state index is 12.5. The molecule has 0 saturated carbocycles. The first-order valence-electron chi connectivity index (χ1n) is 12.6. The van der Waals surface area contributed by atoms with Crippen molar-refractivity contribution in [2.24, 2.45) is 0 Å². The molecule has 0 aliphatic carbocycles. The van der Waals surface area contributed by atoms with E-state index in [0.717, 1.165) is 6.04 Å². The minimum Gasteiger partial charge on any atom is -0.481 e. The van der Waals surface area contributed by atoms with Crippen LogP contribution in [0, 0.1) is 0 Å². The first-order chi connectivity index (χ1) is 19.3. The number of nitrogens with one attached hydrogen (secondary N) is 4. The van der Waals surface area contributed by atoms with E-state index in [-0.39, 0.29) is 42.2 Å². The van der Waals surface area contributed by atoms with Gasteiger partial charge in [-0.25, -0.2) is 19.6 Å². The standard InChI is InChI=1S/C25H31N7O8Si/c1-41(2,3)11-10-40-25(39)32-24-30-20-19(22(36)31-24)28-16(13-27-20)12-26-15-6-4-14(5-7-15)21(35)29-17(23(37)38)8-9-18(33)34/h4-7,13,17,26H,8-12H2,1-3H3,(H,29,35)(H,33,34)(H,37,38)(H2,27,30,31,32,36,39)/t17-/m0/s1. The second-order valence-corrected chi connectivity index (χ2v) is 15.9.